The molecule has 1 unspecified atom stereocenters. The lowest BCUT2D eigenvalue weighted by Crippen LogP contribution is -2.46. The molecule has 2 rings (SSSR count). The van der Waals surface area contributed by atoms with Gasteiger partial charge in [-0.15, -0.1) is 0 Å². The van der Waals surface area contributed by atoms with E-state index >= 15 is 0 Å². The fourth-order valence-corrected chi connectivity index (χ4v) is 2.33. The Kier molecular flexibility index (Phi) is 5.38. The monoisotopic (exact) mass is 276 g/mol. The smallest absolute Gasteiger partial charge is 0.313 e. The highest BCUT2D eigenvalue weighted by molar-refractivity contribution is 5.88. The summed E-state index contributed by atoms with van der Waals surface area (Å²) in [4.78, 5) is 11.9. The average molecular weight is 276 g/mol. The number of nitrogens with one attached hydrogen (secondary N) is 3. The first-order valence-electron chi connectivity index (χ1n) is 7.29. The van der Waals surface area contributed by atoms with E-state index in [2.05, 4.69) is 23.0 Å². The lowest BCUT2D eigenvalue weighted by molar-refractivity contribution is 0.162. The van der Waals surface area contributed by atoms with Crippen LogP contribution in [0.1, 0.15) is 37.8 Å². The van der Waals surface area contributed by atoms with Crippen LogP contribution >= 0.6 is 0 Å². The van der Waals surface area contributed by atoms with Crippen molar-refractivity contribution in [3.63, 3.8) is 0 Å². The minimum absolute atomic E-state index is 0.165. The molecular formula is C15H24N4O. The highest BCUT2D eigenvalue weighted by atomic mass is 16.2. The molecule has 0 spiro atoms. The number of rotatable bonds is 4. The third kappa shape index (κ3) is 4.21. The van der Waals surface area contributed by atoms with E-state index in [9.17, 15) is 4.79 Å². The second-order valence-corrected chi connectivity index (χ2v) is 5.25. The van der Waals surface area contributed by atoms with Crippen molar-refractivity contribution in [2.45, 2.75) is 32.2 Å². The third-order valence-electron chi connectivity index (χ3n) is 3.72. The van der Waals surface area contributed by atoms with Crippen LogP contribution < -0.4 is 16.1 Å². The van der Waals surface area contributed by atoms with Crippen LogP contribution in [0.3, 0.4) is 0 Å². The van der Waals surface area contributed by atoms with Gasteiger partial charge in [-0.05, 0) is 44.5 Å². The standard InChI is InChI=1S/C15H24N4O/c1-12(16-2)13-6-8-14(9-7-13)17-15(20)18-19-10-4-3-5-11-19/h6-9,12,16H,3-5,10-11H2,1-2H3,(H2,17,18,20). The number of nitrogens with zero attached hydrogens (tertiary/aromatic N) is 1. The van der Waals surface area contributed by atoms with Gasteiger partial charge in [0, 0.05) is 24.8 Å². The summed E-state index contributed by atoms with van der Waals surface area (Å²) in [5.41, 5.74) is 4.90. The lowest BCUT2D eigenvalue weighted by atomic mass is 10.1. The van der Waals surface area contributed by atoms with Crippen LogP contribution in [0.15, 0.2) is 24.3 Å². The number of carbonyl (C=O) groups is 1. The number of anilines is 1. The van der Waals surface area contributed by atoms with Crippen LogP contribution in [-0.2, 0) is 0 Å². The molecule has 0 radical (unpaired) electrons. The number of benzene rings is 1. The highest BCUT2D eigenvalue weighted by Crippen LogP contribution is 2.15. The van der Waals surface area contributed by atoms with Crippen LogP contribution in [0.25, 0.3) is 0 Å². The number of amides is 2. The molecule has 20 heavy (non-hydrogen) atoms. The summed E-state index contributed by atoms with van der Waals surface area (Å²) in [5, 5.41) is 8.03. The molecule has 3 N–H and O–H groups in total. The molecule has 5 heteroatoms. The summed E-state index contributed by atoms with van der Waals surface area (Å²) >= 11 is 0. The van der Waals surface area contributed by atoms with Crippen molar-refractivity contribution < 1.29 is 4.79 Å². The Morgan fingerprint density at radius 1 is 1.15 bits per heavy atom. The van der Waals surface area contributed by atoms with Gasteiger partial charge in [0.2, 0.25) is 0 Å². The van der Waals surface area contributed by atoms with E-state index in [0.717, 1.165) is 31.6 Å². The molecule has 1 heterocycles. The molecule has 110 valence electrons. The molecule has 1 saturated heterocycles. The molecule has 0 aliphatic carbocycles. The zero-order valence-corrected chi connectivity index (χ0v) is 12.3. The van der Waals surface area contributed by atoms with Gasteiger partial charge in [0.25, 0.3) is 0 Å². The van der Waals surface area contributed by atoms with E-state index in [1.807, 2.05) is 36.3 Å². The molecule has 1 aliphatic rings. The molecule has 1 aromatic carbocycles. The van der Waals surface area contributed by atoms with E-state index in [4.69, 9.17) is 0 Å². The van der Waals surface area contributed by atoms with Crippen molar-refractivity contribution >= 4 is 11.7 Å². The van der Waals surface area contributed by atoms with Crippen molar-refractivity contribution in [1.29, 1.82) is 0 Å². The molecule has 0 bridgehead atoms. The topological polar surface area (TPSA) is 56.4 Å². The van der Waals surface area contributed by atoms with E-state index in [0.29, 0.717) is 6.04 Å². The first kappa shape index (κ1) is 14.8. The van der Waals surface area contributed by atoms with Crippen molar-refractivity contribution in [3.05, 3.63) is 29.8 Å². The van der Waals surface area contributed by atoms with Crippen molar-refractivity contribution in [1.82, 2.24) is 15.8 Å². The SMILES string of the molecule is CNC(C)c1ccc(NC(=O)NN2CCCCC2)cc1. The summed E-state index contributed by atoms with van der Waals surface area (Å²) in [6.07, 6.45) is 3.55. The second-order valence-electron chi connectivity index (χ2n) is 5.25. The summed E-state index contributed by atoms with van der Waals surface area (Å²) < 4.78 is 0. The fraction of sp³-hybridized carbons (Fsp3) is 0.533. The van der Waals surface area contributed by atoms with Gasteiger partial charge in [-0.3, -0.25) is 5.43 Å². The number of urea groups is 1. The van der Waals surface area contributed by atoms with Crippen LogP contribution in [0.4, 0.5) is 10.5 Å². The second kappa shape index (κ2) is 7.26. The first-order valence-corrected chi connectivity index (χ1v) is 7.29. The molecule has 0 saturated carbocycles. The van der Waals surface area contributed by atoms with Crippen LogP contribution in [-0.4, -0.2) is 31.2 Å². The number of hydrogen-bond acceptors (Lipinski definition) is 3. The van der Waals surface area contributed by atoms with Crippen molar-refractivity contribution in [2.24, 2.45) is 0 Å². The maximum absolute atomic E-state index is 11.9. The summed E-state index contributed by atoms with van der Waals surface area (Å²) in [6, 6.07) is 8.06. The number of hydrazine groups is 1. The normalized spacial score (nSPS) is 17.5. The zero-order valence-electron chi connectivity index (χ0n) is 12.3. The van der Waals surface area contributed by atoms with Gasteiger partial charge >= 0.3 is 6.03 Å². The molecule has 0 aromatic heterocycles. The molecule has 2 amide bonds. The van der Waals surface area contributed by atoms with Gasteiger partial charge in [0.15, 0.2) is 0 Å². The number of carbonyl (C=O) groups excluding carboxylic acids is 1. The van der Waals surface area contributed by atoms with Crippen molar-refractivity contribution in [2.75, 3.05) is 25.5 Å². The van der Waals surface area contributed by atoms with Gasteiger partial charge in [-0.1, -0.05) is 18.6 Å². The molecule has 1 aliphatic heterocycles. The van der Waals surface area contributed by atoms with Crippen LogP contribution in [0.2, 0.25) is 0 Å². The Morgan fingerprint density at radius 2 is 1.80 bits per heavy atom. The predicted octanol–water partition coefficient (Wildman–Crippen LogP) is 2.49. The maximum atomic E-state index is 11.9. The van der Waals surface area contributed by atoms with Gasteiger partial charge in [0.1, 0.15) is 0 Å². The third-order valence-corrected chi connectivity index (χ3v) is 3.72. The Hall–Kier alpha value is -1.59. The molecule has 1 aromatic rings. The Labute approximate surface area is 120 Å². The van der Waals surface area contributed by atoms with Crippen molar-refractivity contribution in [3.8, 4) is 0 Å². The molecule has 1 atom stereocenters. The fourth-order valence-electron chi connectivity index (χ4n) is 2.33. The average Bonchev–Trinajstić information content (AvgIpc) is 2.48. The van der Waals surface area contributed by atoms with E-state index in [-0.39, 0.29) is 6.03 Å². The predicted molar refractivity (Wildman–Crippen MR) is 81.5 cm³/mol. The quantitative estimate of drug-likeness (QED) is 0.792. The summed E-state index contributed by atoms with van der Waals surface area (Å²) in [5.74, 6) is 0. The van der Waals surface area contributed by atoms with E-state index in [1.165, 1.54) is 12.0 Å². The highest BCUT2D eigenvalue weighted by Gasteiger charge is 2.12. The maximum Gasteiger partial charge on any atom is 0.333 e. The number of hydrogen-bond donors (Lipinski definition) is 3. The number of piperidine rings is 1. The van der Waals surface area contributed by atoms with E-state index in [1.54, 1.807) is 0 Å². The Balaban J connectivity index is 1.84. The minimum Gasteiger partial charge on any atom is -0.313 e. The van der Waals surface area contributed by atoms with Gasteiger partial charge in [-0.2, -0.15) is 0 Å². The van der Waals surface area contributed by atoms with Gasteiger partial charge in [0.05, 0.1) is 0 Å². The molecule has 1 fully saturated rings. The van der Waals surface area contributed by atoms with Crippen LogP contribution in [0, 0.1) is 0 Å². The van der Waals surface area contributed by atoms with Crippen LogP contribution in [0.5, 0.6) is 0 Å². The zero-order chi connectivity index (χ0) is 14.4. The Bertz CT molecular complexity index is 426. The van der Waals surface area contributed by atoms with E-state index < -0.39 is 0 Å². The largest absolute Gasteiger partial charge is 0.333 e. The van der Waals surface area contributed by atoms with Gasteiger partial charge < -0.3 is 10.6 Å². The molecule has 5 nitrogen and oxygen atoms in total. The molecular weight excluding hydrogens is 252 g/mol. The Morgan fingerprint density at radius 3 is 2.40 bits per heavy atom. The van der Waals surface area contributed by atoms with Gasteiger partial charge in [-0.25, -0.2) is 9.80 Å². The summed E-state index contributed by atoms with van der Waals surface area (Å²) in [6.45, 7) is 3.98. The summed E-state index contributed by atoms with van der Waals surface area (Å²) in [7, 11) is 1.93. The minimum atomic E-state index is -0.165. The lowest BCUT2D eigenvalue weighted by Gasteiger charge is -2.26. The first-order chi connectivity index (χ1) is 9.69.